The summed E-state index contributed by atoms with van der Waals surface area (Å²) in [5, 5.41) is 2.87. The molecule has 2 aliphatic rings. The zero-order valence-electron chi connectivity index (χ0n) is 14.8. The number of amides is 3. The van der Waals surface area contributed by atoms with Gasteiger partial charge in [-0.2, -0.15) is 0 Å². The Balaban J connectivity index is 1.70. The van der Waals surface area contributed by atoms with Crippen LogP contribution in [0.4, 0.5) is 0 Å². The van der Waals surface area contributed by atoms with E-state index < -0.39 is 11.5 Å². The summed E-state index contributed by atoms with van der Waals surface area (Å²) in [6.45, 7) is 6.07. The van der Waals surface area contributed by atoms with Crippen LogP contribution in [0.25, 0.3) is 0 Å². The van der Waals surface area contributed by atoms with E-state index in [1.54, 1.807) is 21.9 Å². The summed E-state index contributed by atoms with van der Waals surface area (Å²) < 4.78 is 0. The molecule has 2 heterocycles. The van der Waals surface area contributed by atoms with Crippen molar-refractivity contribution in [1.82, 2.24) is 15.1 Å². The molecule has 6 nitrogen and oxygen atoms in total. The first-order valence-electron chi connectivity index (χ1n) is 8.95. The quantitative estimate of drug-likeness (QED) is 0.895. The minimum Gasteiger partial charge on any atom is -0.344 e. The minimum atomic E-state index is -0.627. The van der Waals surface area contributed by atoms with Gasteiger partial charge in [-0.15, -0.1) is 0 Å². The number of nitrogens with one attached hydrogen (secondary N) is 1. The maximum Gasteiger partial charge on any atom is 0.253 e. The van der Waals surface area contributed by atoms with Crippen molar-refractivity contribution in [2.75, 3.05) is 26.2 Å². The van der Waals surface area contributed by atoms with Gasteiger partial charge in [0.1, 0.15) is 6.04 Å². The maximum atomic E-state index is 12.6. The molecule has 1 N–H and O–H groups in total. The molecule has 134 valence electrons. The molecule has 0 saturated carbocycles. The SMILES string of the molecule is CCN(CC)C(=O)[C@@H]1C[C@]2(CCN(C(=O)c3ccccc3)C2)C(=O)N1. The van der Waals surface area contributed by atoms with Crippen molar-refractivity contribution >= 4 is 17.7 Å². The van der Waals surface area contributed by atoms with Gasteiger partial charge in [-0.25, -0.2) is 0 Å². The molecule has 2 atom stereocenters. The standard InChI is InChI=1S/C19H25N3O3/c1-3-21(4-2)17(24)15-12-19(18(25)20-15)10-11-22(13-19)16(23)14-8-6-5-7-9-14/h5-9,15H,3-4,10-13H2,1-2H3,(H,20,25)/t15-,19-/m0/s1. The Hall–Kier alpha value is -2.37. The monoisotopic (exact) mass is 343 g/mol. The van der Waals surface area contributed by atoms with E-state index in [0.29, 0.717) is 44.6 Å². The van der Waals surface area contributed by atoms with E-state index in [0.717, 1.165) is 0 Å². The fraction of sp³-hybridized carbons (Fsp3) is 0.526. The number of hydrogen-bond donors (Lipinski definition) is 1. The van der Waals surface area contributed by atoms with E-state index >= 15 is 0 Å². The average Bonchev–Trinajstić information content (AvgIpc) is 3.21. The first-order chi connectivity index (χ1) is 12.0. The summed E-state index contributed by atoms with van der Waals surface area (Å²) in [6, 6.07) is 8.64. The fourth-order valence-electron chi connectivity index (χ4n) is 3.91. The summed E-state index contributed by atoms with van der Waals surface area (Å²) in [6.07, 6.45) is 1.08. The predicted molar refractivity (Wildman–Crippen MR) is 93.9 cm³/mol. The highest BCUT2D eigenvalue weighted by Gasteiger charge is 2.53. The van der Waals surface area contributed by atoms with Crippen molar-refractivity contribution in [3.63, 3.8) is 0 Å². The Morgan fingerprint density at radius 2 is 1.92 bits per heavy atom. The molecule has 1 aromatic rings. The van der Waals surface area contributed by atoms with Crippen molar-refractivity contribution in [2.45, 2.75) is 32.7 Å². The number of benzene rings is 1. The molecule has 2 saturated heterocycles. The van der Waals surface area contributed by atoms with Crippen LogP contribution in [-0.4, -0.2) is 59.7 Å². The number of nitrogens with zero attached hydrogens (tertiary/aromatic N) is 2. The van der Waals surface area contributed by atoms with Crippen LogP contribution in [0.3, 0.4) is 0 Å². The van der Waals surface area contributed by atoms with Gasteiger partial charge in [0.05, 0.1) is 5.41 Å². The highest BCUT2D eigenvalue weighted by atomic mass is 16.2. The van der Waals surface area contributed by atoms with Gasteiger partial charge in [0, 0.05) is 31.7 Å². The molecule has 2 aliphatic heterocycles. The second kappa shape index (κ2) is 6.86. The van der Waals surface area contributed by atoms with Crippen molar-refractivity contribution in [3.05, 3.63) is 35.9 Å². The van der Waals surface area contributed by atoms with E-state index in [-0.39, 0.29) is 17.7 Å². The molecule has 1 spiro atoms. The summed E-state index contributed by atoms with van der Waals surface area (Å²) in [4.78, 5) is 41.3. The lowest BCUT2D eigenvalue weighted by molar-refractivity contribution is -0.134. The van der Waals surface area contributed by atoms with Crippen LogP contribution < -0.4 is 5.32 Å². The third-order valence-electron chi connectivity index (χ3n) is 5.42. The van der Waals surface area contributed by atoms with Crippen molar-refractivity contribution < 1.29 is 14.4 Å². The molecule has 3 rings (SSSR count). The van der Waals surface area contributed by atoms with Gasteiger partial charge in [0.15, 0.2) is 0 Å². The van der Waals surface area contributed by atoms with Gasteiger partial charge in [-0.1, -0.05) is 18.2 Å². The second-order valence-electron chi connectivity index (χ2n) is 6.86. The third-order valence-corrected chi connectivity index (χ3v) is 5.42. The van der Waals surface area contributed by atoms with Crippen LogP contribution in [-0.2, 0) is 9.59 Å². The van der Waals surface area contributed by atoms with Crippen LogP contribution in [0.15, 0.2) is 30.3 Å². The normalized spacial score (nSPS) is 25.3. The van der Waals surface area contributed by atoms with Crippen molar-refractivity contribution in [2.24, 2.45) is 5.41 Å². The van der Waals surface area contributed by atoms with Crippen LogP contribution in [0.5, 0.6) is 0 Å². The molecule has 1 aromatic carbocycles. The summed E-state index contributed by atoms with van der Waals surface area (Å²) in [5.74, 6) is -0.173. The van der Waals surface area contributed by atoms with Crippen LogP contribution in [0, 0.1) is 5.41 Å². The molecule has 6 heteroatoms. The van der Waals surface area contributed by atoms with E-state index in [1.165, 1.54) is 0 Å². The lowest BCUT2D eigenvalue weighted by Gasteiger charge is -2.23. The van der Waals surface area contributed by atoms with Crippen LogP contribution >= 0.6 is 0 Å². The molecule has 0 aromatic heterocycles. The first-order valence-corrected chi connectivity index (χ1v) is 8.95. The van der Waals surface area contributed by atoms with Gasteiger partial charge >= 0.3 is 0 Å². The van der Waals surface area contributed by atoms with E-state index in [4.69, 9.17) is 0 Å². The zero-order chi connectivity index (χ0) is 18.0. The Bertz CT molecular complexity index is 672. The Morgan fingerprint density at radius 1 is 1.24 bits per heavy atom. The van der Waals surface area contributed by atoms with E-state index in [2.05, 4.69) is 5.32 Å². The second-order valence-corrected chi connectivity index (χ2v) is 6.86. The largest absolute Gasteiger partial charge is 0.344 e. The van der Waals surface area contributed by atoms with Crippen molar-refractivity contribution in [3.8, 4) is 0 Å². The molecule has 0 radical (unpaired) electrons. The van der Waals surface area contributed by atoms with Gasteiger partial charge in [-0.3, -0.25) is 14.4 Å². The molecule has 0 unspecified atom stereocenters. The number of carbonyl (C=O) groups is 3. The first kappa shape index (κ1) is 17.5. The topological polar surface area (TPSA) is 69.7 Å². The van der Waals surface area contributed by atoms with Gasteiger partial charge in [-0.05, 0) is 38.8 Å². The Labute approximate surface area is 148 Å². The molecular formula is C19H25N3O3. The lowest BCUT2D eigenvalue weighted by Crippen LogP contribution is -2.44. The zero-order valence-corrected chi connectivity index (χ0v) is 14.8. The molecule has 25 heavy (non-hydrogen) atoms. The smallest absolute Gasteiger partial charge is 0.253 e. The van der Waals surface area contributed by atoms with E-state index in [1.807, 2.05) is 32.0 Å². The average molecular weight is 343 g/mol. The Morgan fingerprint density at radius 3 is 2.56 bits per heavy atom. The minimum absolute atomic E-state index is 0.0249. The van der Waals surface area contributed by atoms with Crippen LogP contribution in [0.2, 0.25) is 0 Å². The summed E-state index contributed by atoms with van der Waals surface area (Å²) in [5.41, 5.74) is 0.00601. The maximum absolute atomic E-state index is 12.6. The third kappa shape index (κ3) is 3.13. The molecule has 0 bridgehead atoms. The molecule has 3 amide bonds. The Kier molecular flexibility index (Phi) is 4.79. The number of hydrogen-bond acceptors (Lipinski definition) is 3. The molecule has 0 aliphatic carbocycles. The number of carbonyl (C=O) groups excluding carboxylic acids is 3. The highest BCUT2D eigenvalue weighted by Crippen LogP contribution is 2.40. The lowest BCUT2D eigenvalue weighted by atomic mass is 9.83. The van der Waals surface area contributed by atoms with Crippen LogP contribution in [0.1, 0.15) is 37.0 Å². The predicted octanol–water partition coefficient (Wildman–Crippen LogP) is 1.28. The fourth-order valence-corrected chi connectivity index (χ4v) is 3.91. The molecule has 2 fully saturated rings. The van der Waals surface area contributed by atoms with Gasteiger partial charge < -0.3 is 15.1 Å². The van der Waals surface area contributed by atoms with Gasteiger partial charge in [0.2, 0.25) is 11.8 Å². The highest BCUT2D eigenvalue weighted by molar-refractivity contribution is 5.97. The number of likely N-dealkylation sites (N-methyl/N-ethyl adjacent to an activating group) is 1. The number of rotatable bonds is 4. The molecular weight excluding hydrogens is 318 g/mol. The number of likely N-dealkylation sites (tertiary alicyclic amines) is 1. The van der Waals surface area contributed by atoms with Crippen molar-refractivity contribution in [1.29, 1.82) is 0 Å². The van der Waals surface area contributed by atoms with E-state index in [9.17, 15) is 14.4 Å². The van der Waals surface area contributed by atoms with Gasteiger partial charge in [0.25, 0.3) is 5.91 Å². The summed E-state index contributed by atoms with van der Waals surface area (Å²) in [7, 11) is 0. The summed E-state index contributed by atoms with van der Waals surface area (Å²) >= 11 is 0.